The molecule has 1 unspecified atom stereocenters. The summed E-state index contributed by atoms with van der Waals surface area (Å²) in [4.78, 5) is 23.5. The quantitative estimate of drug-likeness (QED) is 0.822. The third-order valence-electron chi connectivity index (χ3n) is 3.57. The Morgan fingerprint density at radius 2 is 1.89 bits per heavy atom. The molecule has 1 aliphatic carbocycles. The molecule has 0 spiro atoms. The Bertz CT molecular complexity index is 452. The lowest BCUT2D eigenvalue weighted by molar-refractivity contribution is -0.149. The summed E-state index contributed by atoms with van der Waals surface area (Å²) >= 11 is 1.35. The van der Waals surface area contributed by atoms with Gasteiger partial charge in [0.2, 0.25) is 0 Å². The fourth-order valence-corrected chi connectivity index (χ4v) is 3.77. The van der Waals surface area contributed by atoms with Crippen LogP contribution in [0.25, 0.3) is 0 Å². The highest BCUT2D eigenvalue weighted by atomic mass is 32.1. The molecular formula is C13H16O4S. The zero-order chi connectivity index (χ0) is 13.4. The minimum absolute atomic E-state index is 0.446. The maximum atomic E-state index is 11.0. The molecule has 0 amide bonds. The largest absolute Gasteiger partial charge is 0.480 e. The average Bonchev–Trinajstić information content (AvgIpc) is 2.73. The van der Waals surface area contributed by atoms with E-state index >= 15 is 0 Å². The van der Waals surface area contributed by atoms with Crippen molar-refractivity contribution in [2.24, 2.45) is 11.8 Å². The highest BCUT2D eigenvalue weighted by Crippen LogP contribution is 2.39. The van der Waals surface area contributed by atoms with E-state index < -0.39 is 17.9 Å². The molecule has 0 saturated carbocycles. The number of carboxylic acids is 2. The second kappa shape index (κ2) is 4.72. The van der Waals surface area contributed by atoms with Crippen molar-refractivity contribution in [2.75, 3.05) is 0 Å². The van der Waals surface area contributed by atoms with Crippen molar-refractivity contribution in [1.29, 1.82) is 0 Å². The number of rotatable bonds is 4. The van der Waals surface area contributed by atoms with Crippen molar-refractivity contribution in [3.63, 3.8) is 0 Å². The van der Waals surface area contributed by atoms with Gasteiger partial charge >= 0.3 is 11.9 Å². The molecule has 0 radical (unpaired) electrons. The average molecular weight is 268 g/mol. The van der Waals surface area contributed by atoms with Crippen LogP contribution in [0.2, 0.25) is 0 Å². The van der Waals surface area contributed by atoms with Gasteiger partial charge in [-0.05, 0) is 36.3 Å². The van der Waals surface area contributed by atoms with Gasteiger partial charge in [0.05, 0.1) is 0 Å². The molecule has 2 N–H and O–H groups in total. The first-order chi connectivity index (χ1) is 8.40. The van der Waals surface area contributed by atoms with E-state index in [2.05, 4.69) is 13.8 Å². The molecule has 4 nitrogen and oxygen atoms in total. The Labute approximate surface area is 109 Å². The number of hydrogen-bond acceptors (Lipinski definition) is 3. The van der Waals surface area contributed by atoms with Crippen LogP contribution in [0.1, 0.15) is 35.1 Å². The monoisotopic (exact) mass is 268 g/mol. The maximum absolute atomic E-state index is 11.0. The number of aliphatic carboxylic acids is 2. The first-order valence-corrected chi connectivity index (χ1v) is 6.79. The Hall–Kier alpha value is -1.36. The summed E-state index contributed by atoms with van der Waals surface area (Å²) in [5.74, 6) is -2.79. The van der Waals surface area contributed by atoms with Gasteiger partial charge in [0.1, 0.15) is 0 Å². The normalized spacial score (nSPS) is 18.3. The molecule has 2 rings (SSSR count). The number of thiophene rings is 1. The van der Waals surface area contributed by atoms with E-state index in [4.69, 9.17) is 10.2 Å². The molecule has 0 fully saturated rings. The number of carbonyl (C=O) groups is 2. The van der Waals surface area contributed by atoms with Gasteiger partial charge in [0.25, 0.3) is 0 Å². The summed E-state index contributed by atoms with van der Waals surface area (Å²) in [6.45, 7) is 4.36. The van der Waals surface area contributed by atoms with Gasteiger partial charge in [0.15, 0.2) is 5.92 Å². The molecule has 0 aliphatic heterocycles. The van der Waals surface area contributed by atoms with Crippen LogP contribution in [0.3, 0.4) is 0 Å². The van der Waals surface area contributed by atoms with Gasteiger partial charge < -0.3 is 10.2 Å². The van der Waals surface area contributed by atoms with Crippen molar-refractivity contribution in [2.45, 2.75) is 32.6 Å². The fraction of sp³-hybridized carbons (Fsp3) is 0.538. The Morgan fingerprint density at radius 1 is 1.28 bits per heavy atom. The second-order valence-corrected chi connectivity index (χ2v) is 6.29. The molecule has 0 saturated heterocycles. The Balaban J connectivity index is 2.24. The van der Waals surface area contributed by atoms with Gasteiger partial charge in [0, 0.05) is 9.75 Å². The van der Waals surface area contributed by atoms with Crippen molar-refractivity contribution < 1.29 is 19.8 Å². The molecule has 1 aromatic rings. The van der Waals surface area contributed by atoms with Crippen molar-refractivity contribution in [3.05, 3.63) is 21.4 Å². The van der Waals surface area contributed by atoms with Crippen molar-refractivity contribution in [1.82, 2.24) is 0 Å². The number of fused-ring (bicyclic) bond motifs is 1. The third-order valence-corrected chi connectivity index (χ3v) is 4.83. The molecule has 5 heteroatoms. The number of carboxylic acid groups (broad SMARTS) is 2. The SMILES string of the molecule is CC(C)C1Cc2cc(C(C(=O)O)C(=O)O)sc2C1. The molecule has 98 valence electrons. The maximum Gasteiger partial charge on any atom is 0.323 e. The molecule has 1 aliphatic rings. The van der Waals surface area contributed by atoms with E-state index in [0.717, 1.165) is 23.3 Å². The molecular weight excluding hydrogens is 252 g/mol. The second-order valence-electron chi connectivity index (χ2n) is 5.12. The molecule has 18 heavy (non-hydrogen) atoms. The molecule has 0 bridgehead atoms. The van der Waals surface area contributed by atoms with E-state index in [1.165, 1.54) is 11.3 Å². The summed E-state index contributed by atoms with van der Waals surface area (Å²) in [7, 11) is 0. The zero-order valence-electron chi connectivity index (χ0n) is 10.3. The fourth-order valence-electron chi connectivity index (χ4n) is 2.39. The van der Waals surface area contributed by atoms with Crippen LogP contribution in [-0.4, -0.2) is 22.2 Å². The minimum Gasteiger partial charge on any atom is -0.480 e. The standard InChI is InChI=1S/C13H16O4S/c1-6(2)7-3-8-5-10(18-9(8)4-7)11(12(14)15)13(16)17/h5-7,11H,3-4H2,1-2H3,(H,14,15)(H,16,17). The lowest BCUT2D eigenvalue weighted by Crippen LogP contribution is -2.20. The van der Waals surface area contributed by atoms with Gasteiger partial charge in [-0.1, -0.05) is 13.8 Å². The first kappa shape index (κ1) is 13.1. The summed E-state index contributed by atoms with van der Waals surface area (Å²) in [5, 5.41) is 17.9. The first-order valence-electron chi connectivity index (χ1n) is 5.97. The number of hydrogen-bond donors (Lipinski definition) is 2. The lowest BCUT2D eigenvalue weighted by Gasteiger charge is -2.13. The van der Waals surface area contributed by atoms with Gasteiger partial charge in [-0.3, -0.25) is 9.59 Å². The van der Waals surface area contributed by atoms with Gasteiger partial charge in [-0.15, -0.1) is 11.3 Å². The molecule has 1 atom stereocenters. The zero-order valence-corrected chi connectivity index (χ0v) is 11.2. The lowest BCUT2D eigenvalue weighted by atomic mass is 9.93. The van der Waals surface area contributed by atoms with Crippen molar-refractivity contribution >= 4 is 23.3 Å². The van der Waals surface area contributed by atoms with Crippen LogP contribution in [0.15, 0.2) is 6.07 Å². The van der Waals surface area contributed by atoms with E-state index in [-0.39, 0.29) is 0 Å². The summed E-state index contributed by atoms with van der Waals surface area (Å²) < 4.78 is 0. The summed E-state index contributed by atoms with van der Waals surface area (Å²) in [6.07, 6.45) is 1.89. The molecule has 1 heterocycles. The van der Waals surface area contributed by atoms with Crippen LogP contribution in [0.5, 0.6) is 0 Å². The minimum atomic E-state index is -1.42. The van der Waals surface area contributed by atoms with Crippen LogP contribution in [-0.2, 0) is 22.4 Å². The van der Waals surface area contributed by atoms with Crippen LogP contribution >= 0.6 is 11.3 Å². The smallest absolute Gasteiger partial charge is 0.323 e. The summed E-state index contributed by atoms with van der Waals surface area (Å²) in [6, 6.07) is 1.77. The topological polar surface area (TPSA) is 74.6 Å². The van der Waals surface area contributed by atoms with E-state index in [9.17, 15) is 9.59 Å². The van der Waals surface area contributed by atoms with Crippen molar-refractivity contribution in [3.8, 4) is 0 Å². The van der Waals surface area contributed by atoms with Crippen LogP contribution < -0.4 is 0 Å². The third kappa shape index (κ3) is 2.27. The van der Waals surface area contributed by atoms with Crippen LogP contribution in [0, 0.1) is 11.8 Å². The van der Waals surface area contributed by atoms with E-state index in [1.54, 1.807) is 6.07 Å². The highest BCUT2D eigenvalue weighted by Gasteiger charge is 2.33. The Morgan fingerprint density at radius 3 is 2.33 bits per heavy atom. The predicted molar refractivity (Wildman–Crippen MR) is 68.1 cm³/mol. The van der Waals surface area contributed by atoms with E-state index in [1.807, 2.05) is 0 Å². The Kier molecular flexibility index (Phi) is 3.43. The highest BCUT2D eigenvalue weighted by molar-refractivity contribution is 7.12. The predicted octanol–water partition coefficient (Wildman–Crippen LogP) is 2.37. The van der Waals surface area contributed by atoms with Gasteiger partial charge in [-0.2, -0.15) is 0 Å². The summed E-state index contributed by atoms with van der Waals surface area (Å²) in [5.41, 5.74) is 1.14. The van der Waals surface area contributed by atoms with Gasteiger partial charge in [-0.25, -0.2) is 0 Å². The van der Waals surface area contributed by atoms with Crippen LogP contribution in [0.4, 0.5) is 0 Å². The van der Waals surface area contributed by atoms with E-state index in [0.29, 0.717) is 16.7 Å². The molecule has 1 aromatic heterocycles. The molecule has 0 aromatic carbocycles.